The number of allylic oxidation sites excluding steroid dienone is 5. The fraction of sp³-hybridized carbons (Fsp3) is 0.294. The molecule has 0 aliphatic rings. The van der Waals surface area contributed by atoms with E-state index in [4.69, 9.17) is 0 Å². The van der Waals surface area contributed by atoms with E-state index in [2.05, 4.69) is 62.9 Å². The predicted molar refractivity (Wildman–Crippen MR) is 80.1 cm³/mol. The van der Waals surface area contributed by atoms with Crippen molar-refractivity contribution in [3.05, 3.63) is 66.3 Å². The van der Waals surface area contributed by atoms with E-state index >= 15 is 0 Å². The molecule has 0 bridgehead atoms. The molecule has 0 spiro atoms. The van der Waals surface area contributed by atoms with Gasteiger partial charge in [0.15, 0.2) is 0 Å². The standard InChI is InChI=1S/C15H18.C2H6/c1-4-5-6-7-10-13(2)15-12-9-8-11-14(15)3;1-2/h4,6-12H,1,5H2,2-3H3;1-2H3/b7-6?,13-10+;. The number of rotatable bonds is 4. The monoisotopic (exact) mass is 228 g/mol. The third-order valence-corrected chi connectivity index (χ3v) is 2.35. The van der Waals surface area contributed by atoms with E-state index in [1.54, 1.807) is 0 Å². The van der Waals surface area contributed by atoms with Gasteiger partial charge in [-0.3, -0.25) is 0 Å². The zero-order valence-corrected chi connectivity index (χ0v) is 11.5. The van der Waals surface area contributed by atoms with E-state index < -0.39 is 0 Å². The molecule has 0 unspecified atom stereocenters. The minimum absolute atomic E-state index is 0.928. The number of hydrogen-bond acceptors (Lipinski definition) is 0. The maximum Gasteiger partial charge on any atom is -0.0169 e. The van der Waals surface area contributed by atoms with Crippen LogP contribution in [0.1, 0.15) is 38.3 Å². The van der Waals surface area contributed by atoms with Gasteiger partial charge in [-0.2, -0.15) is 0 Å². The van der Waals surface area contributed by atoms with Crippen molar-refractivity contribution in [2.24, 2.45) is 0 Å². The fourth-order valence-corrected chi connectivity index (χ4v) is 1.49. The summed E-state index contributed by atoms with van der Waals surface area (Å²) in [5.74, 6) is 0. The van der Waals surface area contributed by atoms with Crippen LogP contribution < -0.4 is 0 Å². The summed E-state index contributed by atoms with van der Waals surface area (Å²) < 4.78 is 0. The Morgan fingerprint density at radius 2 is 1.88 bits per heavy atom. The molecule has 0 amide bonds. The maximum absolute atomic E-state index is 3.68. The third-order valence-electron chi connectivity index (χ3n) is 2.35. The van der Waals surface area contributed by atoms with E-state index in [9.17, 15) is 0 Å². The Hall–Kier alpha value is -1.56. The summed E-state index contributed by atoms with van der Waals surface area (Å²) in [6.45, 7) is 12.0. The van der Waals surface area contributed by atoms with Gasteiger partial charge in [0.1, 0.15) is 0 Å². The van der Waals surface area contributed by atoms with Crippen LogP contribution in [0.25, 0.3) is 5.57 Å². The molecule has 0 saturated carbocycles. The molecule has 1 aromatic rings. The summed E-state index contributed by atoms with van der Waals surface area (Å²) >= 11 is 0. The average molecular weight is 228 g/mol. The Balaban J connectivity index is 0.00000121. The smallest absolute Gasteiger partial charge is 0.0169 e. The maximum atomic E-state index is 3.68. The minimum Gasteiger partial charge on any atom is -0.103 e. The van der Waals surface area contributed by atoms with Crippen LogP contribution in [-0.4, -0.2) is 0 Å². The minimum atomic E-state index is 0.928. The lowest BCUT2D eigenvalue weighted by molar-refractivity contribution is 1.39. The van der Waals surface area contributed by atoms with Crippen molar-refractivity contribution in [1.82, 2.24) is 0 Å². The van der Waals surface area contributed by atoms with Gasteiger partial charge in [0.2, 0.25) is 0 Å². The van der Waals surface area contributed by atoms with Gasteiger partial charge in [-0.05, 0) is 37.0 Å². The van der Waals surface area contributed by atoms with E-state index in [0.29, 0.717) is 0 Å². The highest BCUT2D eigenvalue weighted by Gasteiger charge is 1.96. The van der Waals surface area contributed by atoms with Gasteiger partial charge in [-0.15, -0.1) is 6.58 Å². The van der Waals surface area contributed by atoms with Crippen LogP contribution in [0.4, 0.5) is 0 Å². The Labute approximate surface area is 106 Å². The van der Waals surface area contributed by atoms with Crippen LogP contribution in [0.3, 0.4) is 0 Å². The molecular formula is C17H24. The van der Waals surface area contributed by atoms with E-state index in [0.717, 1.165) is 6.42 Å². The van der Waals surface area contributed by atoms with Gasteiger partial charge >= 0.3 is 0 Å². The van der Waals surface area contributed by atoms with Crippen LogP contribution in [0.5, 0.6) is 0 Å². The van der Waals surface area contributed by atoms with Crippen molar-refractivity contribution in [2.45, 2.75) is 34.1 Å². The second-order valence-electron chi connectivity index (χ2n) is 3.62. The first kappa shape index (κ1) is 15.4. The highest BCUT2D eigenvalue weighted by atomic mass is 14.0. The highest BCUT2D eigenvalue weighted by Crippen LogP contribution is 2.17. The normalized spacial score (nSPS) is 10.9. The summed E-state index contributed by atoms with van der Waals surface area (Å²) in [5.41, 5.74) is 3.94. The van der Waals surface area contributed by atoms with Gasteiger partial charge in [0, 0.05) is 0 Å². The van der Waals surface area contributed by atoms with Crippen molar-refractivity contribution in [3.63, 3.8) is 0 Å². The van der Waals surface area contributed by atoms with Crippen LogP contribution in [0.2, 0.25) is 0 Å². The second-order valence-corrected chi connectivity index (χ2v) is 3.62. The molecular weight excluding hydrogens is 204 g/mol. The fourth-order valence-electron chi connectivity index (χ4n) is 1.49. The van der Waals surface area contributed by atoms with Crippen molar-refractivity contribution in [1.29, 1.82) is 0 Å². The largest absolute Gasteiger partial charge is 0.103 e. The van der Waals surface area contributed by atoms with Crippen molar-refractivity contribution in [3.8, 4) is 0 Å². The van der Waals surface area contributed by atoms with Crippen molar-refractivity contribution in [2.75, 3.05) is 0 Å². The van der Waals surface area contributed by atoms with E-state index in [-0.39, 0.29) is 0 Å². The second kappa shape index (κ2) is 9.65. The van der Waals surface area contributed by atoms with Crippen LogP contribution in [0.15, 0.2) is 55.1 Å². The van der Waals surface area contributed by atoms with Gasteiger partial charge in [0.05, 0.1) is 0 Å². The molecule has 0 aliphatic heterocycles. The number of benzene rings is 1. The molecule has 0 heteroatoms. The summed E-state index contributed by atoms with van der Waals surface area (Å²) in [5, 5.41) is 0. The lowest BCUT2D eigenvalue weighted by atomic mass is 10.0. The average Bonchev–Trinajstić information content (AvgIpc) is 2.37. The summed E-state index contributed by atoms with van der Waals surface area (Å²) in [4.78, 5) is 0. The molecule has 0 aromatic heterocycles. The first-order valence-electron chi connectivity index (χ1n) is 6.26. The van der Waals surface area contributed by atoms with Gasteiger partial charge in [-0.25, -0.2) is 0 Å². The van der Waals surface area contributed by atoms with Crippen LogP contribution in [0, 0.1) is 6.92 Å². The van der Waals surface area contributed by atoms with Crippen molar-refractivity contribution < 1.29 is 0 Å². The number of hydrogen-bond donors (Lipinski definition) is 0. The molecule has 92 valence electrons. The zero-order valence-electron chi connectivity index (χ0n) is 11.5. The molecule has 17 heavy (non-hydrogen) atoms. The molecule has 1 aromatic carbocycles. The Morgan fingerprint density at radius 1 is 1.24 bits per heavy atom. The molecule has 1 rings (SSSR count). The quantitative estimate of drug-likeness (QED) is 0.467. The first-order chi connectivity index (χ1) is 8.25. The molecule has 0 fully saturated rings. The lowest BCUT2D eigenvalue weighted by Gasteiger charge is -2.04. The summed E-state index contributed by atoms with van der Waals surface area (Å²) in [6, 6.07) is 8.44. The molecule has 0 saturated heterocycles. The highest BCUT2D eigenvalue weighted by molar-refractivity contribution is 5.67. The topological polar surface area (TPSA) is 0 Å². The molecule has 0 atom stereocenters. The van der Waals surface area contributed by atoms with Gasteiger partial charge in [0.25, 0.3) is 0 Å². The molecule has 0 N–H and O–H groups in total. The molecule has 0 heterocycles. The zero-order chi connectivity index (χ0) is 13.1. The summed E-state index contributed by atoms with van der Waals surface area (Å²) in [6.07, 6.45) is 9.16. The first-order valence-corrected chi connectivity index (χ1v) is 6.26. The molecule has 0 aliphatic carbocycles. The van der Waals surface area contributed by atoms with Crippen molar-refractivity contribution >= 4 is 5.57 Å². The Kier molecular flexibility index (Phi) is 8.77. The van der Waals surface area contributed by atoms with Gasteiger partial charge < -0.3 is 0 Å². The van der Waals surface area contributed by atoms with Crippen LogP contribution in [-0.2, 0) is 0 Å². The SMILES string of the molecule is C=CCC=C/C=C(\C)c1ccccc1C.CC. The van der Waals surface area contributed by atoms with E-state index in [1.807, 2.05) is 19.9 Å². The molecule has 0 nitrogen and oxygen atoms in total. The van der Waals surface area contributed by atoms with E-state index in [1.165, 1.54) is 16.7 Å². The van der Waals surface area contributed by atoms with Gasteiger partial charge in [-0.1, -0.05) is 62.4 Å². The Bertz CT molecular complexity index is 381. The lowest BCUT2D eigenvalue weighted by Crippen LogP contribution is -1.83. The molecule has 0 radical (unpaired) electrons. The predicted octanol–water partition coefficient (Wildman–Crippen LogP) is 5.56. The summed E-state index contributed by atoms with van der Waals surface area (Å²) in [7, 11) is 0. The number of aryl methyl sites for hydroxylation is 1. The third kappa shape index (κ3) is 5.91. The van der Waals surface area contributed by atoms with Crippen LogP contribution >= 0.6 is 0 Å². The Morgan fingerprint density at radius 3 is 2.47 bits per heavy atom.